The first-order valence-corrected chi connectivity index (χ1v) is 5.51. The van der Waals surface area contributed by atoms with Gasteiger partial charge in [-0.25, -0.2) is 4.79 Å². The van der Waals surface area contributed by atoms with Gasteiger partial charge in [-0.05, 0) is 19.1 Å². The Kier molecular flexibility index (Phi) is 3.28. The number of non-ortho nitro benzene ring substituents is 1. The smallest absolute Gasteiger partial charge is 0.343 e. The van der Waals surface area contributed by atoms with Crippen LogP contribution in [-0.2, 0) is 4.74 Å². The van der Waals surface area contributed by atoms with Gasteiger partial charge in [0.05, 0.1) is 11.5 Å². The predicted octanol–water partition coefficient (Wildman–Crippen LogP) is 1.61. The Balaban J connectivity index is 2.61. The van der Waals surface area contributed by atoms with Gasteiger partial charge in [0.25, 0.3) is 11.2 Å². The van der Waals surface area contributed by atoms with Gasteiger partial charge in [0.2, 0.25) is 0 Å². The number of aromatic amines is 1. The van der Waals surface area contributed by atoms with Gasteiger partial charge in [-0.1, -0.05) is 0 Å². The van der Waals surface area contributed by atoms with Crippen molar-refractivity contribution in [3.8, 4) is 0 Å². The highest BCUT2D eigenvalue weighted by Gasteiger charge is 2.14. The fourth-order valence-electron chi connectivity index (χ4n) is 1.67. The number of nitro groups is 1. The zero-order valence-electron chi connectivity index (χ0n) is 10.0. The first kappa shape index (κ1) is 12.7. The molecule has 0 unspecified atom stereocenters. The van der Waals surface area contributed by atoms with Crippen LogP contribution >= 0.6 is 0 Å². The number of rotatable bonds is 3. The Morgan fingerprint density at radius 3 is 2.79 bits per heavy atom. The number of pyridine rings is 1. The molecular formula is C12H10N2O5. The van der Waals surface area contributed by atoms with E-state index < -0.39 is 16.5 Å². The second-order valence-electron chi connectivity index (χ2n) is 3.76. The summed E-state index contributed by atoms with van der Waals surface area (Å²) in [5, 5.41) is 11.1. The van der Waals surface area contributed by atoms with Crippen molar-refractivity contribution < 1.29 is 14.5 Å². The van der Waals surface area contributed by atoms with E-state index in [9.17, 15) is 19.7 Å². The normalized spacial score (nSPS) is 10.4. The number of H-pyrrole nitrogens is 1. The lowest BCUT2D eigenvalue weighted by Crippen LogP contribution is -2.19. The fourth-order valence-corrected chi connectivity index (χ4v) is 1.67. The van der Waals surface area contributed by atoms with Crippen LogP contribution in [0.5, 0.6) is 0 Å². The molecule has 0 spiro atoms. The van der Waals surface area contributed by atoms with Crippen LogP contribution in [0.3, 0.4) is 0 Å². The van der Waals surface area contributed by atoms with E-state index in [0.717, 1.165) is 0 Å². The molecule has 0 saturated carbocycles. The first-order valence-electron chi connectivity index (χ1n) is 5.51. The standard InChI is InChI=1S/C12H10N2O5/c1-2-19-12(16)9-6-7-5-8(14(17)18)3-4-10(7)13-11(9)15/h3-6H,2H2,1H3,(H,13,15). The van der Waals surface area contributed by atoms with Gasteiger partial charge < -0.3 is 9.72 Å². The number of nitro benzene ring substituents is 1. The zero-order chi connectivity index (χ0) is 14.0. The average molecular weight is 262 g/mol. The van der Waals surface area contributed by atoms with Gasteiger partial charge in [-0.2, -0.15) is 0 Å². The molecule has 0 atom stereocenters. The summed E-state index contributed by atoms with van der Waals surface area (Å²) in [6.07, 6.45) is 0. The molecule has 0 saturated heterocycles. The van der Waals surface area contributed by atoms with E-state index in [1.54, 1.807) is 6.92 Å². The first-order chi connectivity index (χ1) is 9.02. The van der Waals surface area contributed by atoms with Crippen LogP contribution in [-0.4, -0.2) is 22.5 Å². The van der Waals surface area contributed by atoms with Crippen LogP contribution in [0.4, 0.5) is 5.69 Å². The van der Waals surface area contributed by atoms with E-state index in [1.165, 1.54) is 24.3 Å². The van der Waals surface area contributed by atoms with Crippen LogP contribution in [0.15, 0.2) is 29.1 Å². The molecule has 1 aromatic heterocycles. The molecular weight excluding hydrogens is 252 g/mol. The number of nitrogens with zero attached hydrogens (tertiary/aromatic N) is 1. The predicted molar refractivity (Wildman–Crippen MR) is 67.2 cm³/mol. The minimum atomic E-state index is -0.753. The summed E-state index contributed by atoms with van der Waals surface area (Å²) in [6, 6.07) is 5.28. The molecule has 0 aliphatic rings. The SMILES string of the molecule is CCOC(=O)c1cc2cc([N+](=O)[O-])ccc2[nH]c1=O. The van der Waals surface area contributed by atoms with Crippen molar-refractivity contribution in [1.82, 2.24) is 4.98 Å². The largest absolute Gasteiger partial charge is 0.462 e. The number of esters is 1. The summed E-state index contributed by atoms with van der Waals surface area (Å²) in [5.41, 5.74) is -0.451. The van der Waals surface area contributed by atoms with E-state index in [4.69, 9.17) is 4.74 Å². The maximum atomic E-state index is 11.7. The van der Waals surface area contributed by atoms with Crippen LogP contribution in [0, 0.1) is 10.1 Å². The highest BCUT2D eigenvalue weighted by molar-refractivity contribution is 5.94. The number of carbonyl (C=O) groups excluding carboxylic acids is 1. The Labute approximate surface area is 107 Å². The molecule has 1 N–H and O–H groups in total. The average Bonchev–Trinajstić information content (AvgIpc) is 2.37. The van der Waals surface area contributed by atoms with Gasteiger partial charge in [0, 0.05) is 23.0 Å². The van der Waals surface area contributed by atoms with Gasteiger partial charge >= 0.3 is 5.97 Å². The molecule has 0 aliphatic heterocycles. The Morgan fingerprint density at radius 1 is 1.42 bits per heavy atom. The number of hydrogen-bond acceptors (Lipinski definition) is 5. The Bertz CT molecular complexity index is 720. The number of nitrogens with one attached hydrogen (secondary N) is 1. The monoisotopic (exact) mass is 262 g/mol. The topological polar surface area (TPSA) is 102 Å². The minimum Gasteiger partial charge on any atom is -0.462 e. The van der Waals surface area contributed by atoms with Crippen molar-refractivity contribution in [1.29, 1.82) is 0 Å². The summed E-state index contributed by atoms with van der Waals surface area (Å²) in [4.78, 5) is 35.8. The Morgan fingerprint density at radius 2 is 2.16 bits per heavy atom. The van der Waals surface area contributed by atoms with E-state index in [-0.39, 0.29) is 17.9 Å². The molecule has 0 radical (unpaired) electrons. The van der Waals surface area contributed by atoms with E-state index in [1.807, 2.05) is 0 Å². The van der Waals surface area contributed by atoms with E-state index in [0.29, 0.717) is 10.9 Å². The molecule has 7 heteroatoms. The van der Waals surface area contributed by atoms with Gasteiger partial charge in [-0.15, -0.1) is 0 Å². The molecule has 0 bridgehead atoms. The number of aromatic nitrogens is 1. The highest BCUT2D eigenvalue weighted by Crippen LogP contribution is 2.19. The van der Waals surface area contributed by atoms with E-state index >= 15 is 0 Å². The summed E-state index contributed by atoms with van der Waals surface area (Å²) in [7, 11) is 0. The van der Waals surface area contributed by atoms with Gasteiger partial charge in [0.1, 0.15) is 5.56 Å². The van der Waals surface area contributed by atoms with Gasteiger partial charge in [0.15, 0.2) is 0 Å². The van der Waals surface area contributed by atoms with Crippen LogP contribution in [0.2, 0.25) is 0 Å². The molecule has 19 heavy (non-hydrogen) atoms. The lowest BCUT2D eigenvalue weighted by atomic mass is 10.1. The Hall–Kier alpha value is -2.70. The summed E-state index contributed by atoms with van der Waals surface area (Å²) in [5.74, 6) is -0.753. The van der Waals surface area contributed by atoms with Crippen molar-refractivity contribution in [2.45, 2.75) is 6.92 Å². The molecule has 0 fully saturated rings. The van der Waals surface area contributed by atoms with Crippen LogP contribution < -0.4 is 5.56 Å². The minimum absolute atomic E-state index is 0.116. The highest BCUT2D eigenvalue weighted by atomic mass is 16.6. The molecule has 1 aromatic carbocycles. The molecule has 1 heterocycles. The maximum Gasteiger partial charge on any atom is 0.343 e. The van der Waals surface area contributed by atoms with Crippen molar-refractivity contribution >= 4 is 22.6 Å². The third-order valence-corrected chi connectivity index (χ3v) is 2.53. The second kappa shape index (κ2) is 4.89. The zero-order valence-corrected chi connectivity index (χ0v) is 10.0. The maximum absolute atomic E-state index is 11.7. The molecule has 7 nitrogen and oxygen atoms in total. The fraction of sp³-hybridized carbons (Fsp3) is 0.167. The third kappa shape index (κ3) is 2.44. The lowest BCUT2D eigenvalue weighted by molar-refractivity contribution is -0.384. The number of ether oxygens (including phenoxy) is 1. The summed E-state index contributed by atoms with van der Waals surface area (Å²) < 4.78 is 4.74. The molecule has 2 aromatic rings. The van der Waals surface area contributed by atoms with Gasteiger partial charge in [-0.3, -0.25) is 14.9 Å². The van der Waals surface area contributed by atoms with Crippen molar-refractivity contribution in [2.75, 3.05) is 6.61 Å². The molecule has 0 amide bonds. The third-order valence-electron chi connectivity index (χ3n) is 2.53. The van der Waals surface area contributed by atoms with Crippen LogP contribution in [0.25, 0.3) is 10.9 Å². The molecule has 0 aliphatic carbocycles. The van der Waals surface area contributed by atoms with Crippen molar-refractivity contribution in [2.24, 2.45) is 0 Å². The second-order valence-corrected chi connectivity index (χ2v) is 3.76. The lowest BCUT2D eigenvalue weighted by Gasteiger charge is -2.03. The number of fused-ring (bicyclic) bond motifs is 1. The number of hydrogen-bond donors (Lipinski definition) is 1. The van der Waals surface area contributed by atoms with Crippen LogP contribution in [0.1, 0.15) is 17.3 Å². The number of benzene rings is 1. The number of carbonyl (C=O) groups is 1. The van der Waals surface area contributed by atoms with Crippen molar-refractivity contribution in [3.63, 3.8) is 0 Å². The van der Waals surface area contributed by atoms with E-state index in [2.05, 4.69) is 4.98 Å². The summed E-state index contributed by atoms with van der Waals surface area (Å²) >= 11 is 0. The quantitative estimate of drug-likeness (QED) is 0.514. The molecule has 98 valence electrons. The van der Waals surface area contributed by atoms with Crippen molar-refractivity contribution in [3.05, 3.63) is 50.3 Å². The summed E-state index contributed by atoms with van der Waals surface area (Å²) in [6.45, 7) is 1.77. The molecule has 2 rings (SSSR count).